The predicted molar refractivity (Wildman–Crippen MR) is 63.1 cm³/mol. The van der Waals surface area contributed by atoms with Crippen molar-refractivity contribution >= 4 is 21.9 Å². The van der Waals surface area contributed by atoms with Crippen LogP contribution in [0.1, 0.15) is 12.6 Å². The van der Waals surface area contributed by atoms with Gasteiger partial charge in [-0.3, -0.25) is 0 Å². The molecule has 1 heterocycles. The van der Waals surface area contributed by atoms with E-state index in [9.17, 15) is 4.79 Å². The first kappa shape index (κ1) is 13.7. The van der Waals surface area contributed by atoms with Crippen molar-refractivity contribution in [3.05, 3.63) is 10.2 Å². The summed E-state index contributed by atoms with van der Waals surface area (Å²) in [6.45, 7) is 3.32. The summed E-state index contributed by atoms with van der Waals surface area (Å²) in [6.07, 6.45) is -0.773. The molecule has 0 aromatic carbocycles. The van der Waals surface area contributed by atoms with Crippen LogP contribution < -0.4 is 9.47 Å². The number of hydrogen-bond donors (Lipinski definition) is 0. The summed E-state index contributed by atoms with van der Waals surface area (Å²) in [6, 6.07) is 0.0699. The molecule has 1 aromatic heterocycles. The van der Waals surface area contributed by atoms with Gasteiger partial charge in [0.25, 0.3) is 0 Å². The Hall–Kier alpha value is -1.37. The first-order chi connectivity index (χ1) is 7.99. The van der Waals surface area contributed by atoms with E-state index in [-0.39, 0.29) is 6.01 Å². The molecule has 1 aromatic rings. The lowest BCUT2D eigenvalue weighted by Crippen LogP contribution is -2.25. The largest absolute Gasteiger partial charge is 0.480 e. The van der Waals surface area contributed by atoms with Crippen molar-refractivity contribution < 1.29 is 19.0 Å². The summed E-state index contributed by atoms with van der Waals surface area (Å²) in [5.74, 6) is -0.141. The second kappa shape index (κ2) is 5.81. The topological polar surface area (TPSA) is 70.5 Å². The molecule has 0 aliphatic heterocycles. The zero-order valence-electron chi connectivity index (χ0n) is 9.98. The molecule has 0 saturated heterocycles. The molecular formula is C10H13BrN2O4. The molecule has 0 radical (unpaired) electrons. The van der Waals surface area contributed by atoms with Gasteiger partial charge in [0, 0.05) is 0 Å². The highest BCUT2D eigenvalue weighted by Crippen LogP contribution is 2.27. The van der Waals surface area contributed by atoms with Gasteiger partial charge >= 0.3 is 12.0 Å². The number of hydrogen-bond acceptors (Lipinski definition) is 6. The molecule has 0 bridgehead atoms. The first-order valence-corrected chi connectivity index (χ1v) is 5.61. The maximum absolute atomic E-state index is 11.2. The van der Waals surface area contributed by atoms with Gasteiger partial charge in [0.1, 0.15) is 4.47 Å². The molecule has 0 aliphatic carbocycles. The Morgan fingerprint density at radius 3 is 2.53 bits per heavy atom. The number of methoxy groups -OCH3 is 2. The van der Waals surface area contributed by atoms with Gasteiger partial charge in [-0.1, -0.05) is 0 Å². The number of esters is 1. The Morgan fingerprint density at radius 1 is 1.35 bits per heavy atom. The van der Waals surface area contributed by atoms with E-state index in [0.29, 0.717) is 16.0 Å². The van der Waals surface area contributed by atoms with E-state index < -0.39 is 12.1 Å². The number of rotatable bonds is 4. The standard InChI is InChI=1S/C10H13BrN2O4/c1-5-7(11)8(15-3)13-10(12-5)17-6(2)9(14)16-4/h6H,1-4H3/t6-/m1/s1. The minimum atomic E-state index is -0.773. The summed E-state index contributed by atoms with van der Waals surface area (Å²) < 4.78 is 15.5. The zero-order valence-corrected chi connectivity index (χ0v) is 11.6. The zero-order chi connectivity index (χ0) is 13.0. The fraction of sp³-hybridized carbons (Fsp3) is 0.500. The maximum atomic E-state index is 11.2. The molecule has 17 heavy (non-hydrogen) atoms. The number of carbonyl (C=O) groups is 1. The van der Waals surface area contributed by atoms with Crippen LogP contribution in [-0.2, 0) is 9.53 Å². The van der Waals surface area contributed by atoms with Crippen molar-refractivity contribution in [2.24, 2.45) is 0 Å². The molecule has 6 nitrogen and oxygen atoms in total. The second-order valence-corrected chi connectivity index (χ2v) is 3.99. The lowest BCUT2D eigenvalue weighted by atomic mass is 10.4. The van der Waals surface area contributed by atoms with Gasteiger partial charge in [0.2, 0.25) is 5.88 Å². The van der Waals surface area contributed by atoms with Crippen LogP contribution in [0.15, 0.2) is 4.47 Å². The normalized spacial score (nSPS) is 11.8. The van der Waals surface area contributed by atoms with E-state index in [0.717, 1.165) is 0 Å². The van der Waals surface area contributed by atoms with Gasteiger partial charge in [-0.25, -0.2) is 4.79 Å². The highest BCUT2D eigenvalue weighted by Gasteiger charge is 2.18. The van der Waals surface area contributed by atoms with E-state index in [1.54, 1.807) is 13.8 Å². The van der Waals surface area contributed by atoms with Crippen molar-refractivity contribution in [3.8, 4) is 11.9 Å². The van der Waals surface area contributed by atoms with Gasteiger partial charge in [0.05, 0.1) is 19.9 Å². The van der Waals surface area contributed by atoms with Gasteiger partial charge < -0.3 is 14.2 Å². The summed E-state index contributed by atoms with van der Waals surface area (Å²) in [5.41, 5.74) is 0.656. The second-order valence-electron chi connectivity index (χ2n) is 3.20. The van der Waals surface area contributed by atoms with Crippen LogP contribution >= 0.6 is 15.9 Å². The molecule has 0 amide bonds. The van der Waals surface area contributed by atoms with E-state index in [4.69, 9.17) is 9.47 Å². The van der Waals surface area contributed by atoms with Gasteiger partial charge in [0.15, 0.2) is 6.10 Å². The molecule has 0 N–H and O–H groups in total. The monoisotopic (exact) mass is 304 g/mol. The van der Waals surface area contributed by atoms with Crippen molar-refractivity contribution in [3.63, 3.8) is 0 Å². The first-order valence-electron chi connectivity index (χ1n) is 4.82. The van der Waals surface area contributed by atoms with E-state index in [1.165, 1.54) is 14.2 Å². The minimum Gasteiger partial charge on any atom is -0.480 e. The number of nitrogens with zero attached hydrogens (tertiary/aromatic N) is 2. The van der Waals surface area contributed by atoms with Crippen molar-refractivity contribution in [2.75, 3.05) is 14.2 Å². The Balaban J connectivity index is 2.92. The van der Waals surface area contributed by atoms with Crippen LogP contribution in [-0.4, -0.2) is 36.3 Å². The molecule has 0 spiro atoms. The molecule has 0 unspecified atom stereocenters. The Kier molecular flexibility index (Phi) is 4.68. The molecule has 1 rings (SSSR count). The summed E-state index contributed by atoms with van der Waals surface area (Å²) in [4.78, 5) is 19.2. The fourth-order valence-corrected chi connectivity index (χ4v) is 1.41. The SMILES string of the molecule is COC(=O)[C@@H](C)Oc1nc(C)c(Br)c(OC)n1. The third-order valence-electron chi connectivity index (χ3n) is 1.97. The van der Waals surface area contributed by atoms with Crippen LogP contribution in [0, 0.1) is 6.92 Å². The van der Waals surface area contributed by atoms with Gasteiger partial charge in [-0.15, -0.1) is 0 Å². The van der Waals surface area contributed by atoms with Crippen molar-refractivity contribution in [1.29, 1.82) is 0 Å². The van der Waals surface area contributed by atoms with Crippen LogP contribution in [0.4, 0.5) is 0 Å². The molecule has 0 saturated carbocycles. The van der Waals surface area contributed by atoms with Crippen LogP contribution in [0.3, 0.4) is 0 Å². The summed E-state index contributed by atoms with van der Waals surface area (Å²) in [7, 11) is 2.77. The average molecular weight is 305 g/mol. The fourth-order valence-electron chi connectivity index (χ4n) is 1.07. The lowest BCUT2D eigenvalue weighted by molar-refractivity contribution is -0.148. The molecule has 7 heteroatoms. The van der Waals surface area contributed by atoms with Gasteiger partial charge in [-0.2, -0.15) is 9.97 Å². The van der Waals surface area contributed by atoms with E-state index in [2.05, 4.69) is 30.6 Å². The van der Waals surface area contributed by atoms with Crippen LogP contribution in [0.5, 0.6) is 11.9 Å². The number of aromatic nitrogens is 2. The maximum Gasteiger partial charge on any atom is 0.346 e. The molecule has 0 fully saturated rings. The summed E-state index contributed by atoms with van der Waals surface area (Å²) >= 11 is 3.29. The Morgan fingerprint density at radius 2 is 2.00 bits per heavy atom. The van der Waals surface area contributed by atoms with E-state index >= 15 is 0 Å². The quantitative estimate of drug-likeness (QED) is 0.785. The number of ether oxygens (including phenoxy) is 3. The number of halogens is 1. The van der Waals surface area contributed by atoms with Crippen molar-refractivity contribution in [1.82, 2.24) is 9.97 Å². The minimum absolute atomic E-state index is 0.0699. The van der Waals surface area contributed by atoms with Crippen LogP contribution in [0.25, 0.3) is 0 Å². The molecule has 0 aliphatic rings. The average Bonchev–Trinajstić information content (AvgIpc) is 2.32. The third kappa shape index (κ3) is 3.29. The smallest absolute Gasteiger partial charge is 0.346 e. The Bertz CT molecular complexity index is 425. The number of carbonyl (C=O) groups excluding carboxylic acids is 1. The lowest BCUT2D eigenvalue weighted by Gasteiger charge is -2.12. The molecule has 1 atom stereocenters. The molecular weight excluding hydrogens is 292 g/mol. The highest BCUT2D eigenvalue weighted by molar-refractivity contribution is 9.10. The Labute approximate surface area is 107 Å². The third-order valence-corrected chi connectivity index (χ3v) is 2.89. The molecule has 94 valence electrons. The predicted octanol–water partition coefficient (Wildman–Crippen LogP) is 1.50. The summed E-state index contributed by atoms with van der Waals surface area (Å²) in [5, 5.41) is 0. The van der Waals surface area contributed by atoms with E-state index in [1.807, 2.05) is 0 Å². The van der Waals surface area contributed by atoms with Gasteiger partial charge in [-0.05, 0) is 29.8 Å². The number of aryl methyl sites for hydroxylation is 1. The highest BCUT2D eigenvalue weighted by atomic mass is 79.9. The van der Waals surface area contributed by atoms with Crippen LogP contribution in [0.2, 0.25) is 0 Å². The van der Waals surface area contributed by atoms with Crippen molar-refractivity contribution in [2.45, 2.75) is 20.0 Å².